The summed E-state index contributed by atoms with van der Waals surface area (Å²) in [5.74, 6) is -0.277. The van der Waals surface area contributed by atoms with Crippen LogP contribution < -0.4 is 0 Å². The first-order chi connectivity index (χ1) is 7.63. The monoisotopic (exact) mass is 284 g/mol. The van der Waals surface area contributed by atoms with E-state index in [1.54, 1.807) is 16.7 Å². The molecule has 2 aromatic heterocycles. The third-order valence-electron chi connectivity index (χ3n) is 2.25. The molecule has 0 saturated heterocycles. The number of imidazole rings is 1. The second-order valence-corrected chi connectivity index (χ2v) is 4.02. The Morgan fingerprint density at radius 1 is 1.56 bits per heavy atom. The SMILES string of the molecule is O=C(O)c1ccn2c(CCO)nc(Br)c2c1. The van der Waals surface area contributed by atoms with Crippen molar-refractivity contribution in [3.63, 3.8) is 0 Å². The van der Waals surface area contributed by atoms with Crippen LogP contribution >= 0.6 is 15.9 Å². The topological polar surface area (TPSA) is 74.8 Å². The summed E-state index contributed by atoms with van der Waals surface area (Å²) in [4.78, 5) is 15.0. The number of carboxylic acid groups (broad SMARTS) is 1. The van der Waals surface area contributed by atoms with Gasteiger partial charge in [0.2, 0.25) is 0 Å². The summed E-state index contributed by atoms with van der Waals surface area (Å²) in [7, 11) is 0. The summed E-state index contributed by atoms with van der Waals surface area (Å²) in [5, 5.41) is 17.7. The maximum absolute atomic E-state index is 10.8. The number of carboxylic acids is 1. The lowest BCUT2D eigenvalue weighted by Gasteiger charge is -2.00. The van der Waals surface area contributed by atoms with Gasteiger partial charge in [0.1, 0.15) is 10.4 Å². The zero-order chi connectivity index (χ0) is 11.7. The first kappa shape index (κ1) is 11.1. The molecule has 2 rings (SSSR count). The van der Waals surface area contributed by atoms with E-state index in [2.05, 4.69) is 20.9 Å². The third kappa shape index (κ3) is 1.81. The molecule has 0 fully saturated rings. The molecule has 0 atom stereocenters. The number of carbonyl (C=O) groups is 1. The number of fused-ring (bicyclic) bond motifs is 1. The fraction of sp³-hybridized carbons (Fsp3) is 0.200. The minimum atomic E-state index is -0.973. The average molecular weight is 285 g/mol. The minimum absolute atomic E-state index is 0.00619. The van der Waals surface area contributed by atoms with E-state index < -0.39 is 5.97 Å². The standard InChI is InChI=1S/C10H9BrN2O3/c11-9-7-5-6(10(15)16)1-3-13(7)8(12-9)2-4-14/h1,3,5,14H,2,4H2,(H,15,16). The lowest BCUT2D eigenvalue weighted by atomic mass is 10.2. The Hall–Kier alpha value is -1.40. The molecule has 16 heavy (non-hydrogen) atoms. The number of aromatic carboxylic acids is 1. The Labute approximate surface area is 99.5 Å². The lowest BCUT2D eigenvalue weighted by molar-refractivity contribution is 0.0697. The highest BCUT2D eigenvalue weighted by molar-refractivity contribution is 9.10. The molecule has 0 amide bonds. The van der Waals surface area contributed by atoms with E-state index in [-0.39, 0.29) is 12.2 Å². The molecule has 0 aliphatic rings. The first-order valence-corrected chi connectivity index (χ1v) is 5.43. The number of hydrogen-bond acceptors (Lipinski definition) is 3. The number of aromatic nitrogens is 2. The van der Waals surface area contributed by atoms with Crippen LogP contribution in [-0.4, -0.2) is 32.2 Å². The van der Waals surface area contributed by atoms with Crippen molar-refractivity contribution in [2.24, 2.45) is 0 Å². The predicted octanol–water partition coefficient (Wildman–Crippen LogP) is 1.33. The second kappa shape index (κ2) is 4.23. The van der Waals surface area contributed by atoms with Gasteiger partial charge in [0.05, 0.1) is 17.7 Å². The Kier molecular flexibility index (Phi) is 2.93. The van der Waals surface area contributed by atoms with Gasteiger partial charge in [-0.1, -0.05) is 0 Å². The van der Waals surface area contributed by atoms with E-state index in [0.29, 0.717) is 22.4 Å². The molecule has 0 spiro atoms. The summed E-state index contributed by atoms with van der Waals surface area (Å²) < 4.78 is 2.34. The zero-order valence-electron chi connectivity index (χ0n) is 8.22. The summed E-state index contributed by atoms with van der Waals surface area (Å²) in [6.07, 6.45) is 2.07. The summed E-state index contributed by atoms with van der Waals surface area (Å²) >= 11 is 3.26. The maximum Gasteiger partial charge on any atom is 0.335 e. The number of rotatable bonds is 3. The van der Waals surface area contributed by atoms with E-state index in [1.807, 2.05) is 0 Å². The summed E-state index contributed by atoms with van der Waals surface area (Å²) in [5.41, 5.74) is 0.895. The van der Waals surface area contributed by atoms with Crippen LogP contribution in [0.1, 0.15) is 16.2 Å². The molecule has 5 nitrogen and oxygen atoms in total. The second-order valence-electron chi connectivity index (χ2n) is 3.27. The molecule has 0 aliphatic carbocycles. The number of halogens is 1. The van der Waals surface area contributed by atoms with E-state index in [9.17, 15) is 4.79 Å². The van der Waals surface area contributed by atoms with Gasteiger partial charge >= 0.3 is 5.97 Å². The van der Waals surface area contributed by atoms with Crippen LogP contribution in [-0.2, 0) is 6.42 Å². The molecule has 84 valence electrons. The molecule has 6 heteroatoms. The molecular weight excluding hydrogens is 276 g/mol. The van der Waals surface area contributed by atoms with Crippen molar-refractivity contribution in [3.8, 4) is 0 Å². The Balaban J connectivity index is 2.61. The summed E-state index contributed by atoms with van der Waals surface area (Å²) in [6.45, 7) is 0.00619. The zero-order valence-corrected chi connectivity index (χ0v) is 9.81. The van der Waals surface area contributed by atoms with Crippen molar-refractivity contribution in [2.75, 3.05) is 6.61 Å². The fourth-order valence-corrected chi connectivity index (χ4v) is 2.03. The van der Waals surface area contributed by atoms with Crippen molar-refractivity contribution in [1.82, 2.24) is 9.38 Å². The number of pyridine rings is 1. The van der Waals surface area contributed by atoms with Crippen LogP contribution in [0.4, 0.5) is 0 Å². The fourth-order valence-electron chi connectivity index (χ4n) is 1.52. The lowest BCUT2D eigenvalue weighted by Crippen LogP contribution is -2.00. The molecule has 0 saturated carbocycles. The molecule has 2 aromatic rings. The smallest absolute Gasteiger partial charge is 0.335 e. The highest BCUT2D eigenvalue weighted by atomic mass is 79.9. The predicted molar refractivity (Wildman–Crippen MR) is 60.6 cm³/mol. The van der Waals surface area contributed by atoms with E-state index in [1.165, 1.54) is 6.07 Å². The van der Waals surface area contributed by atoms with Gasteiger partial charge in [-0.05, 0) is 28.1 Å². The van der Waals surface area contributed by atoms with Gasteiger partial charge in [0.25, 0.3) is 0 Å². The van der Waals surface area contributed by atoms with Gasteiger partial charge in [0.15, 0.2) is 0 Å². The molecule has 0 aliphatic heterocycles. The highest BCUT2D eigenvalue weighted by Gasteiger charge is 2.11. The normalized spacial score (nSPS) is 10.9. The Morgan fingerprint density at radius 3 is 2.94 bits per heavy atom. The first-order valence-electron chi connectivity index (χ1n) is 4.64. The van der Waals surface area contributed by atoms with Crippen LogP contribution in [0.2, 0.25) is 0 Å². The van der Waals surface area contributed by atoms with Gasteiger partial charge in [-0.25, -0.2) is 9.78 Å². The van der Waals surface area contributed by atoms with Crippen LogP contribution in [0, 0.1) is 0 Å². The molecule has 2 N–H and O–H groups in total. The van der Waals surface area contributed by atoms with E-state index in [0.717, 1.165) is 0 Å². The van der Waals surface area contributed by atoms with Gasteiger partial charge < -0.3 is 14.6 Å². The van der Waals surface area contributed by atoms with Crippen LogP contribution in [0.3, 0.4) is 0 Å². The Bertz CT molecular complexity index is 550. The minimum Gasteiger partial charge on any atom is -0.478 e. The molecule has 2 heterocycles. The van der Waals surface area contributed by atoms with Crippen LogP contribution in [0.5, 0.6) is 0 Å². The number of nitrogens with zero attached hydrogens (tertiary/aromatic N) is 2. The van der Waals surface area contributed by atoms with Crippen molar-refractivity contribution in [3.05, 3.63) is 34.3 Å². The molecule has 0 aromatic carbocycles. The van der Waals surface area contributed by atoms with E-state index in [4.69, 9.17) is 10.2 Å². The van der Waals surface area contributed by atoms with Gasteiger partial charge in [-0.15, -0.1) is 0 Å². The quantitative estimate of drug-likeness (QED) is 0.892. The third-order valence-corrected chi connectivity index (χ3v) is 2.84. The molecule has 0 unspecified atom stereocenters. The largest absolute Gasteiger partial charge is 0.478 e. The van der Waals surface area contributed by atoms with Gasteiger partial charge in [0, 0.05) is 12.6 Å². The maximum atomic E-state index is 10.8. The number of aliphatic hydroxyl groups excluding tert-OH is 1. The number of aliphatic hydroxyl groups is 1. The molecule has 0 radical (unpaired) electrons. The number of hydrogen-bond donors (Lipinski definition) is 2. The Morgan fingerprint density at radius 2 is 2.31 bits per heavy atom. The highest BCUT2D eigenvalue weighted by Crippen LogP contribution is 2.20. The van der Waals surface area contributed by atoms with Crippen molar-refractivity contribution in [2.45, 2.75) is 6.42 Å². The van der Waals surface area contributed by atoms with Crippen molar-refractivity contribution >= 4 is 27.4 Å². The van der Waals surface area contributed by atoms with Gasteiger partial charge in [-0.2, -0.15) is 0 Å². The van der Waals surface area contributed by atoms with Crippen molar-refractivity contribution < 1.29 is 15.0 Å². The molecule has 0 bridgehead atoms. The van der Waals surface area contributed by atoms with Crippen LogP contribution in [0.25, 0.3) is 5.52 Å². The van der Waals surface area contributed by atoms with Gasteiger partial charge in [-0.3, -0.25) is 0 Å². The van der Waals surface area contributed by atoms with E-state index >= 15 is 0 Å². The summed E-state index contributed by atoms with van der Waals surface area (Å²) in [6, 6.07) is 3.05. The average Bonchev–Trinajstić information content (AvgIpc) is 2.56. The molecular formula is C10H9BrN2O3. The van der Waals surface area contributed by atoms with Crippen LogP contribution in [0.15, 0.2) is 22.9 Å². The van der Waals surface area contributed by atoms with Crippen molar-refractivity contribution in [1.29, 1.82) is 0 Å².